The number of aliphatic hydroxyl groups excluding tert-OH is 1. The number of carbonyl (C=O) groups is 1. The molecular weight excluding hydrogens is 430 g/mol. The maximum absolute atomic E-state index is 12.5. The topological polar surface area (TPSA) is 74.3 Å². The number of methoxy groups -OCH3 is 1. The Morgan fingerprint density at radius 2 is 1.79 bits per heavy atom. The number of hydrogen-bond acceptors (Lipinski definition) is 6. The fraction of sp³-hybridized carbons (Fsp3) is 0.519. The molecule has 1 atom stereocenters. The summed E-state index contributed by atoms with van der Waals surface area (Å²) in [5, 5.41) is 13.3. The molecule has 7 nitrogen and oxygen atoms in total. The Morgan fingerprint density at radius 3 is 2.53 bits per heavy atom. The number of aliphatic hydroxyl groups is 1. The van der Waals surface area contributed by atoms with Gasteiger partial charge in [-0.2, -0.15) is 0 Å². The monoisotopic (exact) mass is 467 g/mol. The molecule has 2 aromatic rings. The highest BCUT2D eigenvalue weighted by atomic mass is 16.5. The number of amides is 1. The summed E-state index contributed by atoms with van der Waals surface area (Å²) in [6.07, 6.45) is 2.58. The lowest BCUT2D eigenvalue weighted by Crippen LogP contribution is -2.42. The van der Waals surface area contributed by atoms with Crippen molar-refractivity contribution in [2.45, 2.75) is 38.0 Å². The molecule has 1 saturated heterocycles. The van der Waals surface area contributed by atoms with E-state index in [4.69, 9.17) is 9.47 Å². The number of carbonyl (C=O) groups excluding carboxylic acids is 1. The van der Waals surface area contributed by atoms with Crippen LogP contribution in [-0.4, -0.2) is 86.0 Å². The van der Waals surface area contributed by atoms with E-state index in [2.05, 4.69) is 39.4 Å². The quantitative estimate of drug-likeness (QED) is 0.559. The highest BCUT2D eigenvalue weighted by Gasteiger charge is 2.21. The number of β-amino-alcohol motifs (C(OH)–C–C–N with tert-alkyl or cyclic N) is 1. The molecule has 7 heteroatoms. The molecule has 1 unspecified atom stereocenters. The van der Waals surface area contributed by atoms with Crippen molar-refractivity contribution < 1.29 is 19.4 Å². The zero-order chi connectivity index (χ0) is 23.8. The molecule has 1 fully saturated rings. The predicted molar refractivity (Wildman–Crippen MR) is 132 cm³/mol. The first-order valence-corrected chi connectivity index (χ1v) is 12.3. The first kappa shape index (κ1) is 24.7. The van der Waals surface area contributed by atoms with Crippen molar-refractivity contribution >= 4 is 5.91 Å². The van der Waals surface area contributed by atoms with Gasteiger partial charge in [0, 0.05) is 58.5 Å². The number of hydrogen-bond donors (Lipinski definition) is 2. The van der Waals surface area contributed by atoms with Gasteiger partial charge in [-0.05, 0) is 54.7 Å². The van der Waals surface area contributed by atoms with Gasteiger partial charge in [-0.1, -0.05) is 24.3 Å². The van der Waals surface area contributed by atoms with Crippen LogP contribution < -0.4 is 10.1 Å². The Balaban J connectivity index is 1.17. The number of rotatable bonds is 10. The van der Waals surface area contributed by atoms with Crippen molar-refractivity contribution in [1.82, 2.24) is 15.1 Å². The Kier molecular flexibility index (Phi) is 8.93. The number of nitrogens with one attached hydrogen (secondary N) is 1. The molecule has 2 aromatic carbocycles. The van der Waals surface area contributed by atoms with E-state index in [0.29, 0.717) is 12.1 Å². The van der Waals surface area contributed by atoms with Crippen LogP contribution in [0.1, 0.15) is 34.3 Å². The number of piperidine rings is 1. The maximum Gasteiger partial charge on any atom is 0.251 e. The fourth-order valence-electron chi connectivity index (χ4n) is 4.73. The summed E-state index contributed by atoms with van der Waals surface area (Å²) in [7, 11) is 1.73. The third-order valence-electron chi connectivity index (χ3n) is 6.74. The van der Waals surface area contributed by atoms with Gasteiger partial charge in [-0.3, -0.25) is 9.69 Å². The zero-order valence-corrected chi connectivity index (χ0v) is 20.1. The maximum atomic E-state index is 12.5. The molecule has 0 saturated carbocycles. The number of fused-ring (bicyclic) bond motifs is 1. The van der Waals surface area contributed by atoms with E-state index in [0.717, 1.165) is 64.3 Å². The third kappa shape index (κ3) is 7.03. The van der Waals surface area contributed by atoms with Gasteiger partial charge in [0.15, 0.2) is 0 Å². The SMILES string of the molecule is COCCN1CCC(Oc2ccc(C(=O)NCC(O)CN3CCc4ccccc4C3)cc2)CC1. The van der Waals surface area contributed by atoms with Gasteiger partial charge in [0.25, 0.3) is 5.91 Å². The van der Waals surface area contributed by atoms with Gasteiger partial charge < -0.3 is 24.8 Å². The molecular formula is C27H37N3O4. The van der Waals surface area contributed by atoms with Gasteiger partial charge in [-0.25, -0.2) is 0 Å². The molecule has 184 valence electrons. The van der Waals surface area contributed by atoms with Crippen LogP contribution in [0.2, 0.25) is 0 Å². The summed E-state index contributed by atoms with van der Waals surface area (Å²) in [5.74, 6) is 0.610. The normalized spacial score (nSPS) is 18.3. The Hall–Kier alpha value is -2.45. The predicted octanol–water partition coefficient (Wildman–Crippen LogP) is 2.33. The molecule has 2 aliphatic heterocycles. The van der Waals surface area contributed by atoms with E-state index < -0.39 is 6.10 Å². The molecule has 4 rings (SSSR count). The second-order valence-corrected chi connectivity index (χ2v) is 9.29. The molecule has 2 N–H and O–H groups in total. The summed E-state index contributed by atoms with van der Waals surface area (Å²) < 4.78 is 11.3. The van der Waals surface area contributed by atoms with Crippen LogP contribution in [0.3, 0.4) is 0 Å². The van der Waals surface area contributed by atoms with E-state index in [1.54, 1.807) is 19.2 Å². The number of benzene rings is 2. The van der Waals surface area contributed by atoms with Crippen LogP contribution in [0.4, 0.5) is 0 Å². The molecule has 2 aliphatic rings. The molecule has 2 heterocycles. The summed E-state index contributed by atoms with van der Waals surface area (Å²) in [6.45, 7) is 6.31. The second kappa shape index (κ2) is 12.3. The van der Waals surface area contributed by atoms with Crippen molar-refractivity contribution in [2.24, 2.45) is 0 Å². The van der Waals surface area contributed by atoms with Gasteiger partial charge in [0.05, 0.1) is 12.7 Å². The van der Waals surface area contributed by atoms with Crippen LogP contribution in [0.25, 0.3) is 0 Å². The Labute approximate surface area is 202 Å². The molecule has 0 spiro atoms. The minimum absolute atomic E-state index is 0.180. The van der Waals surface area contributed by atoms with Crippen LogP contribution >= 0.6 is 0 Å². The van der Waals surface area contributed by atoms with Crippen molar-refractivity contribution in [3.8, 4) is 5.75 Å². The average Bonchev–Trinajstić information content (AvgIpc) is 2.87. The van der Waals surface area contributed by atoms with Crippen LogP contribution in [0.5, 0.6) is 5.75 Å². The van der Waals surface area contributed by atoms with Crippen molar-refractivity contribution in [1.29, 1.82) is 0 Å². The van der Waals surface area contributed by atoms with E-state index in [1.807, 2.05) is 12.1 Å². The summed E-state index contributed by atoms with van der Waals surface area (Å²) in [6, 6.07) is 15.7. The number of ether oxygens (including phenoxy) is 2. The molecule has 0 bridgehead atoms. The average molecular weight is 468 g/mol. The minimum Gasteiger partial charge on any atom is -0.490 e. The molecule has 0 aliphatic carbocycles. The molecule has 0 aromatic heterocycles. The zero-order valence-electron chi connectivity index (χ0n) is 20.1. The van der Waals surface area contributed by atoms with Gasteiger partial charge in [0.2, 0.25) is 0 Å². The van der Waals surface area contributed by atoms with Gasteiger partial charge >= 0.3 is 0 Å². The third-order valence-corrected chi connectivity index (χ3v) is 6.74. The van der Waals surface area contributed by atoms with E-state index in [-0.39, 0.29) is 18.6 Å². The smallest absolute Gasteiger partial charge is 0.251 e. The van der Waals surface area contributed by atoms with Gasteiger partial charge in [0.1, 0.15) is 11.9 Å². The van der Waals surface area contributed by atoms with E-state index in [1.165, 1.54) is 11.1 Å². The highest BCUT2D eigenvalue weighted by molar-refractivity contribution is 5.94. The first-order valence-electron chi connectivity index (χ1n) is 12.3. The molecule has 34 heavy (non-hydrogen) atoms. The van der Waals surface area contributed by atoms with Crippen molar-refractivity contribution in [2.75, 3.05) is 53.0 Å². The Morgan fingerprint density at radius 1 is 1.06 bits per heavy atom. The summed E-state index contributed by atoms with van der Waals surface area (Å²) >= 11 is 0. The number of likely N-dealkylation sites (tertiary alicyclic amines) is 1. The second-order valence-electron chi connectivity index (χ2n) is 9.29. The largest absolute Gasteiger partial charge is 0.490 e. The summed E-state index contributed by atoms with van der Waals surface area (Å²) in [4.78, 5) is 17.2. The lowest BCUT2D eigenvalue weighted by atomic mass is 10.00. The van der Waals surface area contributed by atoms with Crippen molar-refractivity contribution in [3.05, 3.63) is 65.2 Å². The number of nitrogens with zero attached hydrogens (tertiary/aromatic N) is 2. The molecule has 1 amide bonds. The highest BCUT2D eigenvalue weighted by Crippen LogP contribution is 2.20. The lowest BCUT2D eigenvalue weighted by Gasteiger charge is -2.31. The molecule has 0 radical (unpaired) electrons. The van der Waals surface area contributed by atoms with Crippen LogP contribution in [0, 0.1) is 0 Å². The standard InChI is InChI=1S/C27H37N3O4/c1-33-17-16-29-14-11-26(12-15-29)34-25-8-6-22(7-9-25)27(32)28-18-24(31)20-30-13-10-21-4-2-3-5-23(21)19-30/h2-9,24,26,31H,10-20H2,1H3,(H,28,32). The van der Waals surface area contributed by atoms with E-state index in [9.17, 15) is 9.90 Å². The van der Waals surface area contributed by atoms with Crippen molar-refractivity contribution in [3.63, 3.8) is 0 Å². The first-order chi connectivity index (χ1) is 16.6. The van der Waals surface area contributed by atoms with Gasteiger partial charge in [-0.15, -0.1) is 0 Å². The minimum atomic E-state index is -0.605. The van der Waals surface area contributed by atoms with Crippen LogP contribution in [-0.2, 0) is 17.7 Å². The lowest BCUT2D eigenvalue weighted by molar-refractivity contribution is 0.0796. The Bertz CT molecular complexity index is 912. The summed E-state index contributed by atoms with van der Waals surface area (Å²) in [5.41, 5.74) is 3.28. The fourth-order valence-corrected chi connectivity index (χ4v) is 4.73. The van der Waals surface area contributed by atoms with E-state index >= 15 is 0 Å². The van der Waals surface area contributed by atoms with Crippen LogP contribution in [0.15, 0.2) is 48.5 Å².